The summed E-state index contributed by atoms with van der Waals surface area (Å²) >= 11 is 0. The molecule has 1 saturated heterocycles. The lowest BCUT2D eigenvalue weighted by Crippen LogP contribution is -2.44. The first kappa shape index (κ1) is 24.7. The van der Waals surface area contributed by atoms with Gasteiger partial charge in [-0.3, -0.25) is 4.79 Å². The van der Waals surface area contributed by atoms with Crippen LogP contribution in [0.15, 0.2) is 35.3 Å². The quantitative estimate of drug-likeness (QED) is 0.317. The van der Waals surface area contributed by atoms with Crippen molar-refractivity contribution in [3.8, 4) is 0 Å². The van der Waals surface area contributed by atoms with Crippen LogP contribution in [0.1, 0.15) is 52.2 Å². The molecule has 1 aliphatic rings. The minimum atomic E-state index is -0.249. The Bertz CT molecular complexity index is 617. The number of hydrogen-bond donors (Lipinski definition) is 3. The first-order chi connectivity index (χ1) is 12.9. The summed E-state index contributed by atoms with van der Waals surface area (Å²) in [6, 6.07) is 10.4. The number of nitrogens with zero attached hydrogens (tertiary/aromatic N) is 1. The second-order valence-corrected chi connectivity index (χ2v) is 7.98. The highest BCUT2D eigenvalue weighted by molar-refractivity contribution is 14.0. The SMILES string of the molecule is CCNC(=NCC(=O)NC(C)(C)C)NCC1CCCOC1c1ccccc1.I. The fourth-order valence-corrected chi connectivity index (χ4v) is 3.24. The molecule has 6 nitrogen and oxygen atoms in total. The van der Waals surface area contributed by atoms with Crippen LogP contribution in [0.4, 0.5) is 0 Å². The van der Waals surface area contributed by atoms with Gasteiger partial charge in [0, 0.05) is 31.2 Å². The van der Waals surface area contributed by atoms with Crippen LogP contribution >= 0.6 is 24.0 Å². The van der Waals surface area contributed by atoms with Crippen molar-refractivity contribution in [3.63, 3.8) is 0 Å². The topological polar surface area (TPSA) is 74.8 Å². The smallest absolute Gasteiger partial charge is 0.242 e. The van der Waals surface area contributed by atoms with Gasteiger partial charge in [-0.1, -0.05) is 30.3 Å². The summed E-state index contributed by atoms with van der Waals surface area (Å²) in [5.74, 6) is 0.954. The van der Waals surface area contributed by atoms with Crippen molar-refractivity contribution in [3.05, 3.63) is 35.9 Å². The lowest BCUT2D eigenvalue weighted by atomic mass is 9.89. The van der Waals surface area contributed by atoms with Gasteiger partial charge in [-0.25, -0.2) is 4.99 Å². The Labute approximate surface area is 186 Å². The van der Waals surface area contributed by atoms with Crippen molar-refractivity contribution in [1.82, 2.24) is 16.0 Å². The van der Waals surface area contributed by atoms with E-state index >= 15 is 0 Å². The largest absolute Gasteiger partial charge is 0.373 e. The fraction of sp³-hybridized carbons (Fsp3) is 0.619. The Balaban J connectivity index is 0.00000392. The highest BCUT2D eigenvalue weighted by Gasteiger charge is 2.27. The Morgan fingerprint density at radius 2 is 1.93 bits per heavy atom. The predicted molar refractivity (Wildman–Crippen MR) is 125 cm³/mol. The van der Waals surface area contributed by atoms with Gasteiger partial charge in [0.05, 0.1) is 6.10 Å². The zero-order valence-electron chi connectivity index (χ0n) is 17.5. The Morgan fingerprint density at radius 3 is 2.57 bits per heavy atom. The molecule has 1 aromatic rings. The van der Waals surface area contributed by atoms with Crippen LogP contribution in [0.3, 0.4) is 0 Å². The summed E-state index contributed by atoms with van der Waals surface area (Å²) in [7, 11) is 0. The van der Waals surface area contributed by atoms with Gasteiger partial charge in [0.15, 0.2) is 5.96 Å². The van der Waals surface area contributed by atoms with E-state index in [4.69, 9.17) is 4.74 Å². The van der Waals surface area contributed by atoms with Gasteiger partial charge < -0.3 is 20.7 Å². The molecule has 0 saturated carbocycles. The number of aliphatic imine (C=N–C) groups is 1. The molecule has 2 unspecified atom stereocenters. The van der Waals surface area contributed by atoms with Crippen LogP contribution in [0, 0.1) is 5.92 Å². The molecule has 0 bridgehead atoms. The zero-order chi connectivity index (χ0) is 19.7. The number of hydrogen-bond acceptors (Lipinski definition) is 3. The van der Waals surface area contributed by atoms with Crippen LogP contribution in [0.5, 0.6) is 0 Å². The van der Waals surface area contributed by atoms with Crippen LogP contribution in [0.25, 0.3) is 0 Å². The third-order valence-electron chi connectivity index (χ3n) is 4.34. The van der Waals surface area contributed by atoms with E-state index in [9.17, 15) is 4.79 Å². The van der Waals surface area contributed by atoms with Gasteiger partial charge >= 0.3 is 0 Å². The molecular formula is C21H35IN4O2. The van der Waals surface area contributed by atoms with Crippen molar-refractivity contribution in [2.24, 2.45) is 10.9 Å². The summed E-state index contributed by atoms with van der Waals surface area (Å²) in [4.78, 5) is 16.4. The Morgan fingerprint density at radius 1 is 1.21 bits per heavy atom. The van der Waals surface area contributed by atoms with Crippen molar-refractivity contribution in [2.75, 3.05) is 26.2 Å². The van der Waals surface area contributed by atoms with E-state index in [1.165, 1.54) is 5.56 Å². The van der Waals surface area contributed by atoms with E-state index in [1.54, 1.807) is 0 Å². The molecule has 158 valence electrons. The number of carbonyl (C=O) groups excluding carboxylic acids is 1. The Hall–Kier alpha value is -1.35. The minimum Gasteiger partial charge on any atom is -0.373 e. The Kier molecular flexibility index (Phi) is 10.8. The first-order valence-corrected chi connectivity index (χ1v) is 9.89. The molecule has 0 aromatic heterocycles. The maximum absolute atomic E-state index is 12.0. The number of carbonyl (C=O) groups is 1. The van der Waals surface area contributed by atoms with Crippen molar-refractivity contribution in [1.29, 1.82) is 0 Å². The molecule has 3 N–H and O–H groups in total. The molecule has 2 atom stereocenters. The van der Waals surface area contributed by atoms with Crippen molar-refractivity contribution < 1.29 is 9.53 Å². The molecule has 0 spiro atoms. The number of guanidine groups is 1. The minimum absolute atomic E-state index is 0. The summed E-state index contributed by atoms with van der Waals surface area (Å²) in [6.07, 6.45) is 2.27. The molecule has 2 rings (SSSR count). The first-order valence-electron chi connectivity index (χ1n) is 9.89. The third kappa shape index (κ3) is 8.77. The lowest BCUT2D eigenvalue weighted by molar-refractivity contribution is -0.121. The third-order valence-corrected chi connectivity index (χ3v) is 4.34. The van der Waals surface area contributed by atoms with Gasteiger partial charge in [-0.2, -0.15) is 0 Å². The highest BCUT2D eigenvalue weighted by Crippen LogP contribution is 2.32. The standard InChI is InChI=1S/C21H34N4O2.HI/c1-5-22-20(24-15-18(26)25-21(2,3)4)23-14-17-12-9-13-27-19(17)16-10-7-6-8-11-16;/h6-8,10-11,17,19H,5,9,12-15H2,1-4H3,(H,25,26)(H2,22,23,24);1H. The van der Waals surface area contributed by atoms with E-state index in [0.717, 1.165) is 32.5 Å². The van der Waals surface area contributed by atoms with Crippen molar-refractivity contribution >= 4 is 35.8 Å². The normalized spacial score (nSPS) is 20.1. The molecule has 1 amide bonds. The average molecular weight is 502 g/mol. The summed E-state index contributed by atoms with van der Waals surface area (Å²) in [6.45, 7) is 10.3. The van der Waals surface area contributed by atoms with Crippen LogP contribution in [-0.4, -0.2) is 43.6 Å². The van der Waals surface area contributed by atoms with Crippen LogP contribution in [-0.2, 0) is 9.53 Å². The number of rotatable bonds is 6. The summed E-state index contributed by atoms with van der Waals surface area (Å²) in [5.41, 5.74) is 0.969. The van der Waals surface area contributed by atoms with Crippen LogP contribution in [0.2, 0.25) is 0 Å². The van der Waals surface area contributed by atoms with E-state index < -0.39 is 0 Å². The molecular weight excluding hydrogens is 467 g/mol. The number of nitrogens with one attached hydrogen (secondary N) is 3. The lowest BCUT2D eigenvalue weighted by Gasteiger charge is -2.32. The maximum atomic E-state index is 12.0. The molecule has 0 aliphatic carbocycles. The maximum Gasteiger partial charge on any atom is 0.242 e. The molecule has 7 heteroatoms. The molecule has 1 fully saturated rings. The number of amides is 1. The number of halogens is 1. The van der Waals surface area contributed by atoms with Gasteiger partial charge in [-0.15, -0.1) is 24.0 Å². The fourth-order valence-electron chi connectivity index (χ4n) is 3.24. The van der Waals surface area contributed by atoms with Gasteiger partial charge in [0.25, 0.3) is 0 Å². The number of benzene rings is 1. The molecule has 1 heterocycles. The molecule has 28 heavy (non-hydrogen) atoms. The highest BCUT2D eigenvalue weighted by atomic mass is 127. The average Bonchev–Trinajstić information content (AvgIpc) is 2.63. The molecule has 0 radical (unpaired) electrons. The monoisotopic (exact) mass is 502 g/mol. The summed E-state index contributed by atoms with van der Waals surface area (Å²) in [5, 5.41) is 9.53. The van der Waals surface area contributed by atoms with Gasteiger partial charge in [0.2, 0.25) is 5.91 Å². The predicted octanol–water partition coefficient (Wildman–Crippen LogP) is 3.24. The molecule has 1 aliphatic heterocycles. The van der Waals surface area contributed by atoms with Gasteiger partial charge in [-0.05, 0) is 46.1 Å². The van der Waals surface area contributed by atoms with Gasteiger partial charge in [0.1, 0.15) is 6.54 Å². The van der Waals surface area contributed by atoms with Crippen LogP contribution < -0.4 is 16.0 Å². The van der Waals surface area contributed by atoms with Crippen molar-refractivity contribution in [2.45, 2.75) is 52.2 Å². The van der Waals surface area contributed by atoms with E-state index in [0.29, 0.717) is 11.9 Å². The number of ether oxygens (including phenoxy) is 1. The zero-order valence-corrected chi connectivity index (χ0v) is 19.8. The van der Waals surface area contributed by atoms with E-state index in [1.807, 2.05) is 33.8 Å². The summed E-state index contributed by atoms with van der Waals surface area (Å²) < 4.78 is 6.06. The second kappa shape index (κ2) is 12.3. The second-order valence-electron chi connectivity index (χ2n) is 7.98. The molecule has 1 aromatic carbocycles. The van der Waals surface area contributed by atoms with E-state index in [-0.39, 0.29) is 48.1 Å². The van der Waals surface area contributed by atoms with E-state index in [2.05, 4.69) is 45.2 Å².